The first-order chi connectivity index (χ1) is 18.4. The summed E-state index contributed by atoms with van der Waals surface area (Å²) in [5.74, 6) is 1.24. The van der Waals surface area contributed by atoms with Gasteiger partial charge in [-0.25, -0.2) is 9.97 Å². The van der Waals surface area contributed by atoms with Crippen LogP contribution in [0.25, 0.3) is 11.2 Å². The Balaban J connectivity index is 1.37. The molecule has 1 saturated heterocycles. The van der Waals surface area contributed by atoms with E-state index in [-0.39, 0.29) is 6.04 Å². The molecule has 2 aromatic heterocycles. The third kappa shape index (κ3) is 5.68. The second-order valence-corrected chi connectivity index (χ2v) is 9.90. The maximum Gasteiger partial charge on any atom is 0.229 e. The van der Waals surface area contributed by atoms with Gasteiger partial charge in [0, 0.05) is 55.0 Å². The van der Waals surface area contributed by atoms with Crippen molar-refractivity contribution in [2.24, 2.45) is 4.99 Å². The molecule has 38 heavy (non-hydrogen) atoms. The maximum absolute atomic E-state index is 4.83. The molecule has 9 nitrogen and oxygen atoms in total. The molecule has 4 aromatic rings. The maximum atomic E-state index is 4.83. The van der Waals surface area contributed by atoms with E-state index in [1.165, 1.54) is 5.69 Å². The molecule has 1 fully saturated rings. The van der Waals surface area contributed by atoms with Gasteiger partial charge < -0.3 is 20.4 Å². The summed E-state index contributed by atoms with van der Waals surface area (Å²) in [6.45, 7) is 14.2. The fraction of sp³-hybridized carbons (Fsp3) is 0.310. The Morgan fingerprint density at radius 1 is 1.00 bits per heavy atom. The molecule has 3 heterocycles. The highest BCUT2D eigenvalue weighted by Gasteiger charge is 2.17. The lowest BCUT2D eigenvalue weighted by atomic mass is 10.2. The van der Waals surface area contributed by atoms with Gasteiger partial charge in [0.2, 0.25) is 11.9 Å². The number of aromatic nitrogens is 4. The minimum Gasteiger partial charge on any atom is -0.369 e. The zero-order valence-electron chi connectivity index (χ0n) is 22.5. The van der Waals surface area contributed by atoms with Crippen LogP contribution in [0.2, 0.25) is 0 Å². The third-order valence-corrected chi connectivity index (χ3v) is 6.64. The highest BCUT2D eigenvalue weighted by molar-refractivity contribution is 5.94. The van der Waals surface area contributed by atoms with Crippen molar-refractivity contribution >= 4 is 51.5 Å². The van der Waals surface area contributed by atoms with Crippen LogP contribution >= 0.6 is 0 Å². The van der Waals surface area contributed by atoms with Crippen LogP contribution in [0, 0.1) is 0 Å². The molecule has 0 radical (unpaired) electrons. The van der Waals surface area contributed by atoms with Gasteiger partial charge in [0.15, 0.2) is 5.65 Å². The summed E-state index contributed by atoms with van der Waals surface area (Å²) in [6.07, 6.45) is 3.51. The van der Waals surface area contributed by atoms with Gasteiger partial charge in [-0.05, 0) is 76.4 Å². The number of fused-ring (bicyclic) bond motifs is 1. The van der Waals surface area contributed by atoms with E-state index >= 15 is 0 Å². The van der Waals surface area contributed by atoms with Crippen LogP contribution < -0.4 is 15.5 Å². The van der Waals surface area contributed by atoms with Crippen molar-refractivity contribution in [3.05, 3.63) is 67.4 Å². The summed E-state index contributed by atoms with van der Waals surface area (Å²) in [6, 6.07) is 16.5. The highest BCUT2D eigenvalue weighted by atomic mass is 15.3. The molecule has 9 heteroatoms. The smallest absolute Gasteiger partial charge is 0.229 e. The van der Waals surface area contributed by atoms with E-state index in [2.05, 4.69) is 86.7 Å². The molecule has 0 unspecified atom stereocenters. The van der Waals surface area contributed by atoms with Crippen molar-refractivity contribution in [3.63, 3.8) is 0 Å². The fourth-order valence-corrected chi connectivity index (χ4v) is 4.51. The second kappa shape index (κ2) is 11.0. The minimum absolute atomic E-state index is 0.136. The summed E-state index contributed by atoms with van der Waals surface area (Å²) in [4.78, 5) is 23.5. The van der Waals surface area contributed by atoms with Gasteiger partial charge in [-0.1, -0.05) is 12.6 Å². The molecule has 196 valence electrons. The number of nitrogens with one attached hydrogen (secondary N) is 2. The van der Waals surface area contributed by atoms with Crippen molar-refractivity contribution in [2.75, 3.05) is 48.8 Å². The summed E-state index contributed by atoms with van der Waals surface area (Å²) in [5, 5.41) is 6.80. The van der Waals surface area contributed by atoms with Crippen molar-refractivity contribution < 1.29 is 0 Å². The lowest BCUT2D eigenvalue weighted by Crippen LogP contribution is -2.44. The number of nitrogens with zero attached hydrogens (tertiary/aromatic N) is 7. The number of hydrogen-bond acceptors (Lipinski definition) is 8. The van der Waals surface area contributed by atoms with Gasteiger partial charge in [-0.2, -0.15) is 4.98 Å². The summed E-state index contributed by atoms with van der Waals surface area (Å²) >= 11 is 0. The molecule has 0 atom stereocenters. The SMILES string of the molecule is C=CC(C)=Nc1cccc(Nc2nc3cnc(Nc4ccc(N5CCN(C)CC5)cc4)nc3n2C(C)C)c1. The number of piperazine rings is 1. The molecule has 0 spiro atoms. The van der Waals surface area contributed by atoms with Crippen molar-refractivity contribution in [1.82, 2.24) is 24.4 Å². The Hall–Kier alpha value is -4.24. The van der Waals surface area contributed by atoms with Gasteiger partial charge in [0.25, 0.3) is 0 Å². The van der Waals surface area contributed by atoms with Gasteiger partial charge in [-0.3, -0.25) is 9.56 Å². The minimum atomic E-state index is 0.136. The van der Waals surface area contributed by atoms with Crippen LogP contribution in [0.15, 0.2) is 72.4 Å². The van der Waals surface area contributed by atoms with Crippen molar-refractivity contribution in [3.8, 4) is 0 Å². The van der Waals surface area contributed by atoms with E-state index in [0.717, 1.165) is 60.1 Å². The molecule has 0 amide bonds. The van der Waals surface area contributed by atoms with Gasteiger partial charge in [0.1, 0.15) is 5.52 Å². The zero-order valence-corrected chi connectivity index (χ0v) is 22.5. The van der Waals surface area contributed by atoms with Crippen molar-refractivity contribution in [1.29, 1.82) is 0 Å². The van der Waals surface area contributed by atoms with E-state index in [1.807, 2.05) is 31.2 Å². The Bertz CT molecular complexity index is 1440. The zero-order chi connectivity index (χ0) is 26.6. The number of allylic oxidation sites excluding steroid dienone is 1. The van der Waals surface area contributed by atoms with Crippen LogP contribution in [0.3, 0.4) is 0 Å². The summed E-state index contributed by atoms with van der Waals surface area (Å²) in [5.41, 5.74) is 6.29. The van der Waals surface area contributed by atoms with E-state index in [0.29, 0.717) is 11.9 Å². The lowest BCUT2D eigenvalue weighted by Gasteiger charge is -2.34. The summed E-state index contributed by atoms with van der Waals surface area (Å²) < 4.78 is 2.09. The number of imidazole rings is 1. The van der Waals surface area contributed by atoms with Crippen LogP contribution in [-0.4, -0.2) is 63.4 Å². The molecular formula is C29H35N9. The normalized spacial score (nSPS) is 14.8. The Labute approximate surface area is 224 Å². The number of aliphatic imine (C=N–C) groups is 1. The largest absolute Gasteiger partial charge is 0.369 e. The second-order valence-electron chi connectivity index (χ2n) is 9.90. The van der Waals surface area contributed by atoms with Gasteiger partial charge in [-0.15, -0.1) is 0 Å². The van der Waals surface area contributed by atoms with E-state index in [9.17, 15) is 0 Å². The van der Waals surface area contributed by atoms with E-state index < -0.39 is 0 Å². The Kier molecular flexibility index (Phi) is 7.37. The van der Waals surface area contributed by atoms with Crippen LogP contribution in [0.5, 0.6) is 0 Å². The molecule has 0 saturated carbocycles. The first kappa shape index (κ1) is 25.4. The molecule has 1 aliphatic rings. The topological polar surface area (TPSA) is 86.5 Å². The number of rotatable bonds is 8. The van der Waals surface area contributed by atoms with Crippen molar-refractivity contribution in [2.45, 2.75) is 26.8 Å². The predicted molar refractivity (Wildman–Crippen MR) is 158 cm³/mol. The first-order valence-corrected chi connectivity index (χ1v) is 13.0. The number of hydrogen-bond donors (Lipinski definition) is 2. The number of anilines is 5. The van der Waals surface area contributed by atoms with Crippen LogP contribution in [0.4, 0.5) is 34.6 Å². The Morgan fingerprint density at radius 3 is 2.47 bits per heavy atom. The van der Waals surface area contributed by atoms with Crippen LogP contribution in [0.1, 0.15) is 26.8 Å². The molecule has 1 aliphatic heterocycles. The highest BCUT2D eigenvalue weighted by Crippen LogP contribution is 2.28. The van der Waals surface area contributed by atoms with E-state index in [1.54, 1.807) is 12.3 Å². The van der Waals surface area contributed by atoms with Crippen LogP contribution in [-0.2, 0) is 0 Å². The molecule has 5 rings (SSSR count). The average Bonchev–Trinajstić information content (AvgIpc) is 3.27. The molecule has 2 aromatic carbocycles. The number of likely N-dealkylation sites (N-methyl/N-ethyl adjacent to an activating group) is 1. The average molecular weight is 510 g/mol. The van der Waals surface area contributed by atoms with E-state index in [4.69, 9.17) is 9.97 Å². The molecular weight excluding hydrogens is 474 g/mol. The van der Waals surface area contributed by atoms with Gasteiger partial charge in [0.05, 0.1) is 11.9 Å². The predicted octanol–water partition coefficient (Wildman–Crippen LogP) is 5.92. The monoisotopic (exact) mass is 509 g/mol. The fourth-order valence-electron chi connectivity index (χ4n) is 4.51. The lowest BCUT2D eigenvalue weighted by molar-refractivity contribution is 0.313. The number of benzene rings is 2. The molecule has 0 bridgehead atoms. The first-order valence-electron chi connectivity index (χ1n) is 13.0. The standard InChI is InChI=1S/C29H35N9/c1-6-21(4)31-23-8-7-9-24(18-23)33-29-34-26-19-30-28(35-27(26)38(29)20(2)3)32-22-10-12-25(13-11-22)37-16-14-36(5)15-17-37/h6-13,18-20H,1,14-17H2,2-5H3,(H,33,34)(H,30,32,35). The molecule has 2 N–H and O–H groups in total. The quantitative estimate of drug-likeness (QED) is 0.285. The third-order valence-electron chi connectivity index (χ3n) is 6.64. The Morgan fingerprint density at radius 2 is 1.76 bits per heavy atom. The molecule has 0 aliphatic carbocycles. The summed E-state index contributed by atoms with van der Waals surface area (Å²) in [7, 11) is 2.17. The van der Waals surface area contributed by atoms with Gasteiger partial charge >= 0.3 is 0 Å².